The lowest BCUT2D eigenvalue weighted by molar-refractivity contribution is 0.299. The van der Waals surface area contributed by atoms with E-state index in [-0.39, 0.29) is 12.3 Å². The summed E-state index contributed by atoms with van der Waals surface area (Å²) in [5, 5.41) is 11.4. The molecule has 0 saturated heterocycles. The van der Waals surface area contributed by atoms with Gasteiger partial charge < -0.3 is 10.8 Å². The van der Waals surface area contributed by atoms with Crippen LogP contribution < -0.4 is 11.4 Å². The highest BCUT2D eigenvalue weighted by molar-refractivity contribution is 6.02. The molecule has 6 heteroatoms. The van der Waals surface area contributed by atoms with Crippen LogP contribution in [0.1, 0.15) is 11.1 Å². The maximum absolute atomic E-state index is 13.1. The van der Waals surface area contributed by atoms with Gasteiger partial charge in [0.05, 0.1) is 17.6 Å². The number of nitrogens with zero attached hydrogens (tertiary/aromatic N) is 3. The Bertz CT molecular complexity index is 1510. The average Bonchev–Trinajstić information content (AvgIpc) is 3.05. The van der Waals surface area contributed by atoms with Crippen LogP contribution in [0.3, 0.4) is 0 Å². The lowest BCUT2D eigenvalue weighted by Crippen LogP contribution is -2.23. The second-order valence-corrected chi connectivity index (χ2v) is 7.97. The minimum Gasteiger partial charge on any atom is -0.396 e. The van der Waals surface area contributed by atoms with Gasteiger partial charge >= 0.3 is 5.69 Å². The molecule has 32 heavy (non-hydrogen) atoms. The first-order chi connectivity index (χ1) is 15.6. The highest BCUT2D eigenvalue weighted by Crippen LogP contribution is 2.32. The molecule has 160 valence electrons. The molecule has 0 aliphatic heterocycles. The van der Waals surface area contributed by atoms with E-state index in [4.69, 9.17) is 5.73 Å². The van der Waals surface area contributed by atoms with Crippen molar-refractivity contribution in [2.24, 2.45) is 7.05 Å². The summed E-state index contributed by atoms with van der Waals surface area (Å²) < 4.78 is 3.48. The highest BCUT2D eigenvalue weighted by Gasteiger charge is 2.15. The van der Waals surface area contributed by atoms with Crippen LogP contribution in [0.25, 0.3) is 32.9 Å². The van der Waals surface area contributed by atoms with Crippen molar-refractivity contribution in [3.05, 3.63) is 94.5 Å². The van der Waals surface area contributed by atoms with Gasteiger partial charge in [-0.15, -0.1) is 0 Å². The van der Waals surface area contributed by atoms with E-state index in [1.807, 2.05) is 54.6 Å². The molecule has 5 aromatic rings. The molecule has 0 amide bonds. The van der Waals surface area contributed by atoms with Crippen LogP contribution >= 0.6 is 0 Å². The first-order valence-corrected chi connectivity index (χ1v) is 10.6. The molecule has 5 rings (SSSR count). The minimum absolute atomic E-state index is 0.0673. The summed E-state index contributed by atoms with van der Waals surface area (Å²) in [4.78, 5) is 17.3. The van der Waals surface area contributed by atoms with Gasteiger partial charge in [0.15, 0.2) is 0 Å². The number of anilines is 1. The predicted molar refractivity (Wildman–Crippen MR) is 129 cm³/mol. The summed E-state index contributed by atoms with van der Waals surface area (Å²) in [6.45, 7) is 0.521. The van der Waals surface area contributed by atoms with Crippen LogP contribution in [0.15, 0.2) is 77.7 Å². The summed E-state index contributed by atoms with van der Waals surface area (Å²) >= 11 is 0. The Hall–Kier alpha value is -3.90. The molecule has 0 radical (unpaired) electrons. The van der Waals surface area contributed by atoms with E-state index in [0.29, 0.717) is 18.8 Å². The average molecular weight is 425 g/mol. The molecule has 0 unspecified atom stereocenters. The first kappa shape index (κ1) is 20.0. The van der Waals surface area contributed by atoms with Crippen molar-refractivity contribution in [2.75, 3.05) is 12.3 Å². The fourth-order valence-corrected chi connectivity index (χ4v) is 4.46. The number of imidazole rings is 1. The molecule has 0 saturated carbocycles. The number of hydrogen-bond donors (Lipinski definition) is 2. The highest BCUT2D eigenvalue weighted by atomic mass is 16.3. The van der Waals surface area contributed by atoms with Crippen LogP contribution in [0.5, 0.6) is 0 Å². The third-order valence-corrected chi connectivity index (χ3v) is 6.12. The molecule has 6 nitrogen and oxygen atoms in total. The van der Waals surface area contributed by atoms with Crippen molar-refractivity contribution in [1.82, 2.24) is 14.1 Å². The van der Waals surface area contributed by atoms with Gasteiger partial charge in [-0.3, -0.25) is 9.13 Å². The lowest BCUT2D eigenvalue weighted by Gasteiger charge is -2.11. The zero-order valence-corrected chi connectivity index (χ0v) is 17.8. The molecule has 0 bridgehead atoms. The van der Waals surface area contributed by atoms with Gasteiger partial charge in [-0.2, -0.15) is 0 Å². The Kier molecular flexibility index (Phi) is 4.99. The number of hydrogen-bond acceptors (Lipinski definition) is 4. The Morgan fingerprint density at radius 3 is 2.56 bits per heavy atom. The Balaban J connectivity index is 1.69. The first-order valence-electron chi connectivity index (χ1n) is 10.6. The maximum Gasteiger partial charge on any atom is 0.329 e. The van der Waals surface area contributed by atoms with Crippen molar-refractivity contribution >= 4 is 27.6 Å². The van der Waals surface area contributed by atoms with Crippen molar-refractivity contribution in [3.63, 3.8) is 0 Å². The third-order valence-electron chi connectivity index (χ3n) is 6.12. The van der Waals surface area contributed by atoms with Gasteiger partial charge in [0, 0.05) is 25.2 Å². The predicted octanol–water partition coefficient (Wildman–Crippen LogP) is 3.72. The lowest BCUT2D eigenvalue weighted by atomic mass is 9.98. The Morgan fingerprint density at radius 1 is 0.938 bits per heavy atom. The van der Waals surface area contributed by atoms with Gasteiger partial charge in [0.1, 0.15) is 5.82 Å². The molecule has 0 fully saturated rings. The topological polar surface area (TPSA) is 86.1 Å². The van der Waals surface area contributed by atoms with Gasteiger partial charge in [-0.05, 0) is 52.3 Å². The second kappa shape index (κ2) is 7.98. The number of nitrogen functional groups attached to an aromatic ring is 1. The van der Waals surface area contributed by atoms with E-state index in [1.165, 1.54) is 0 Å². The molecule has 3 N–H and O–H groups in total. The molecule has 3 aromatic carbocycles. The number of rotatable bonds is 5. The van der Waals surface area contributed by atoms with Crippen molar-refractivity contribution < 1.29 is 5.11 Å². The molecular weight excluding hydrogens is 400 g/mol. The maximum atomic E-state index is 13.1. The number of pyridine rings is 1. The number of fused-ring (bicyclic) bond motifs is 2. The van der Waals surface area contributed by atoms with Gasteiger partial charge in [0.2, 0.25) is 0 Å². The van der Waals surface area contributed by atoms with E-state index in [1.54, 1.807) is 22.4 Å². The van der Waals surface area contributed by atoms with Crippen molar-refractivity contribution in [2.45, 2.75) is 13.0 Å². The number of aromatic nitrogens is 3. The monoisotopic (exact) mass is 424 g/mol. The van der Waals surface area contributed by atoms with Crippen LogP contribution in [0.2, 0.25) is 0 Å². The third kappa shape index (κ3) is 3.25. The normalized spacial score (nSPS) is 11.4. The Morgan fingerprint density at radius 2 is 1.75 bits per heavy atom. The molecule has 2 heterocycles. The summed E-state index contributed by atoms with van der Waals surface area (Å²) in [6, 6.07) is 22.0. The minimum atomic E-state index is -0.0673. The molecular formula is C26H24N4O2. The van der Waals surface area contributed by atoms with Crippen LogP contribution in [-0.2, 0) is 20.0 Å². The number of benzene rings is 3. The summed E-state index contributed by atoms with van der Waals surface area (Å²) in [6.07, 6.45) is 2.28. The largest absolute Gasteiger partial charge is 0.396 e. The standard InChI is InChI=1S/C26H24N4O2/c1-29-23-10-9-18(20-7-4-8-22-21(20)11-13-28-25(22)27)15-24(23)30(26(29)32)16-19-6-3-2-5-17(19)12-14-31/h2-11,13,15,31H,12,14,16H2,1H3,(H2,27,28). The van der Waals surface area contributed by atoms with E-state index in [2.05, 4.69) is 17.1 Å². The second-order valence-electron chi connectivity index (χ2n) is 7.97. The van der Waals surface area contributed by atoms with E-state index < -0.39 is 0 Å². The van der Waals surface area contributed by atoms with E-state index in [0.717, 1.165) is 44.1 Å². The number of aliphatic hydroxyl groups is 1. The van der Waals surface area contributed by atoms with Crippen LogP contribution in [-0.4, -0.2) is 25.8 Å². The van der Waals surface area contributed by atoms with Crippen LogP contribution in [0.4, 0.5) is 5.82 Å². The SMILES string of the molecule is Cn1c(=O)n(Cc2ccccc2CCO)c2cc(-c3cccc4c(N)nccc34)ccc21. The van der Waals surface area contributed by atoms with Gasteiger partial charge in [-0.25, -0.2) is 9.78 Å². The van der Waals surface area contributed by atoms with Gasteiger partial charge in [-0.1, -0.05) is 48.5 Å². The zero-order chi connectivity index (χ0) is 22.2. The van der Waals surface area contributed by atoms with Crippen molar-refractivity contribution in [3.8, 4) is 11.1 Å². The van der Waals surface area contributed by atoms with Gasteiger partial charge in [0.25, 0.3) is 0 Å². The fraction of sp³-hybridized carbons (Fsp3) is 0.154. The number of aliphatic hydroxyl groups excluding tert-OH is 1. The van der Waals surface area contributed by atoms with E-state index in [9.17, 15) is 9.90 Å². The summed E-state index contributed by atoms with van der Waals surface area (Å²) in [5.74, 6) is 0.502. The molecule has 0 spiro atoms. The van der Waals surface area contributed by atoms with Crippen LogP contribution in [0, 0.1) is 0 Å². The number of aryl methyl sites for hydroxylation is 1. The quantitative estimate of drug-likeness (QED) is 0.450. The molecule has 0 atom stereocenters. The molecule has 0 aliphatic carbocycles. The number of nitrogens with two attached hydrogens (primary N) is 1. The molecule has 2 aromatic heterocycles. The fourth-order valence-electron chi connectivity index (χ4n) is 4.46. The Labute approximate surface area is 185 Å². The smallest absolute Gasteiger partial charge is 0.329 e. The zero-order valence-electron chi connectivity index (χ0n) is 17.8. The molecule has 0 aliphatic rings. The van der Waals surface area contributed by atoms with E-state index >= 15 is 0 Å². The summed E-state index contributed by atoms with van der Waals surface area (Å²) in [5.41, 5.74) is 11.9. The summed E-state index contributed by atoms with van der Waals surface area (Å²) in [7, 11) is 1.80. The van der Waals surface area contributed by atoms with Crippen molar-refractivity contribution in [1.29, 1.82) is 0 Å².